The zero-order valence-electron chi connectivity index (χ0n) is 19.0. The van der Waals surface area contributed by atoms with Gasteiger partial charge >= 0.3 is 0 Å². The molecular formula is C27H25ClN2O3. The molecule has 0 aliphatic rings. The van der Waals surface area contributed by atoms with Crippen LogP contribution >= 0.6 is 11.6 Å². The van der Waals surface area contributed by atoms with Crippen LogP contribution in [0, 0.1) is 32.1 Å². The topological polar surface area (TPSA) is 71.3 Å². The van der Waals surface area contributed by atoms with Gasteiger partial charge in [0.15, 0.2) is 11.5 Å². The molecule has 0 fully saturated rings. The summed E-state index contributed by atoms with van der Waals surface area (Å²) >= 11 is 6.11. The number of rotatable bonds is 7. The maximum absolute atomic E-state index is 12.6. The summed E-state index contributed by atoms with van der Waals surface area (Å²) in [4.78, 5) is 12.6. The largest absolute Gasteiger partial charge is 0.493 e. The van der Waals surface area contributed by atoms with E-state index in [0.29, 0.717) is 34.4 Å². The monoisotopic (exact) mass is 460 g/mol. The minimum absolute atomic E-state index is 0.0439. The van der Waals surface area contributed by atoms with Crippen LogP contribution in [-0.4, -0.2) is 13.0 Å². The van der Waals surface area contributed by atoms with Gasteiger partial charge in [-0.2, -0.15) is 5.26 Å². The first kappa shape index (κ1) is 23.9. The standard InChI is InChI=1S/C27H25ClN2O3/c1-17-5-7-21(11-19(17)3)16-33-25-10-8-20(13-26(25)32-4)12-22(15-29)27(31)30-23-9-6-18(2)24(28)14-23/h5-14H,16H2,1-4H3,(H,30,31)/b22-12+. The predicted molar refractivity (Wildman–Crippen MR) is 132 cm³/mol. The Labute approximate surface area is 199 Å². The van der Waals surface area contributed by atoms with Gasteiger partial charge < -0.3 is 14.8 Å². The molecule has 168 valence electrons. The van der Waals surface area contributed by atoms with Crippen molar-refractivity contribution in [1.29, 1.82) is 5.26 Å². The van der Waals surface area contributed by atoms with Crippen LogP contribution in [0.2, 0.25) is 5.02 Å². The van der Waals surface area contributed by atoms with Crippen molar-refractivity contribution < 1.29 is 14.3 Å². The number of carbonyl (C=O) groups excluding carboxylic acids is 1. The highest BCUT2D eigenvalue weighted by atomic mass is 35.5. The van der Waals surface area contributed by atoms with Gasteiger partial charge in [-0.3, -0.25) is 4.79 Å². The summed E-state index contributed by atoms with van der Waals surface area (Å²) in [6, 6.07) is 18.6. The van der Waals surface area contributed by atoms with Crippen LogP contribution in [0.5, 0.6) is 11.5 Å². The molecule has 6 heteroatoms. The maximum atomic E-state index is 12.6. The van der Waals surface area contributed by atoms with Crippen LogP contribution in [0.3, 0.4) is 0 Å². The van der Waals surface area contributed by atoms with E-state index < -0.39 is 5.91 Å². The first-order valence-corrected chi connectivity index (χ1v) is 10.7. The van der Waals surface area contributed by atoms with E-state index in [1.165, 1.54) is 17.2 Å². The summed E-state index contributed by atoms with van der Waals surface area (Å²) in [5.41, 5.74) is 5.51. The van der Waals surface area contributed by atoms with Crippen molar-refractivity contribution in [1.82, 2.24) is 0 Å². The number of benzene rings is 3. The number of halogens is 1. The number of carbonyl (C=O) groups is 1. The minimum atomic E-state index is -0.522. The third kappa shape index (κ3) is 6.15. The number of anilines is 1. The lowest BCUT2D eigenvalue weighted by atomic mass is 10.1. The Morgan fingerprint density at radius 2 is 1.76 bits per heavy atom. The van der Waals surface area contributed by atoms with Crippen LogP contribution in [-0.2, 0) is 11.4 Å². The zero-order chi connectivity index (χ0) is 24.0. The molecule has 3 aromatic rings. The molecule has 0 aromatic heterocycles. The molecule has 3 aromatic carbocycles. The third-order valence-corrected chi connectivity index (χ3v) is 5.67. The molecular weight excluding hydrogens is 436 g/mol. The summed E-state index contributed by atoms with van der Waals surface area (Å²) in [5.74, 6) is 0.562. The van der Waals surface area contributed by atoms with E-state index in [0.717, 1.165) is 11.1 Å². The van der Waals surface area contributed by atoms with Crippen molar-refractivity contribution in [2.45, 2.75) is 27.4 Å². The highest BCUT2D eigenvalue weighted by Crippen LogP contribution is 2.30. The van der Waals surface area contributed by atoms with Gasteiger partial charge in [-0.05, 0) is 78.9 Å². The fourth-order valence-electron chi connectivity index (χ4n) is 3.13. The van der Waals surface area contributed by atoms with E-state index in [9.17, 15) is 10.1 Å². The average Bonchev–Trinajstić information content (AvgIpc) is 2.80. The SMILES string of the molecule is COc1cc(/C=C(\C#N)C(=O)Nc2ccc(C)c(Cl)c2)ccc1OCc1ccc(C)c(C)c1. The van der Waals surface area contributed by atoms with Gasteiger partial charge in [0.05, 0.1) is 7.11 Å². The van der Waals surface area contributed by atoms with Crippen molar-refractivity contribution in [2.24, 2.45) is 0 Å². The summed E-state index contributed by atoms with van der Waals surface area (Å²) in [6.45, 7) is 6.41. The number of ether oxygens (including phenoxy) is 2. The predicted octanol–water partition coefficient (Wildman–Crippen LogP) is 6.40. The maximum Gasteiger partial charge on any atom is 0.266 e. The highest BCUT2D eigenvalue weighted by molar-refractivity contribution is 6.31. The fraction of sp³-hybridized carbons (Fsp3) is 0.185. The van der Waals surface area contributed by atoms with E-state index in [1.54, 1.807) is 43.5 Å². The number of hydrogen-bond donors (Lipinski definition) is 1. The summed E-state index contributed by atoms with van der Waals surface area (Å²) < 4.78 is 11.4. The van der Waals surface area contributed by atoms with Crippen LogP contribution < -0.4 is 14.8 Å². The van der Waals surface area contributed by atoms with Gasteiger partial charge in [0, 0.05) is 10.7 Å². The van der Waals surface area contributed by atoms with Crippen molar-refractivity contribution in [2.75, 3.05) is 12.4 Å². The molecule has 33 heavy (non-hydrogen) atoms. The van der Waals surface area contributed by atoms with Gasteiger partial charge in [0.2, 0.25) is 0 Å². The quantitative estimate of drug-likeness (QED) is 0.327. The average molecular weight is 461 g/mol. The number of amides is 1. The van der Waals surface area contributed by atoms with Crippen molar-refractivity contribution in [3.8, 4) is 17.6 Å². The second-order valence-corrected chi connectivity index (χ2v) is 8.11. The Morgan fingerprint density at radius 3 is 2.42 bits per heavy atom. The van der Waals surface area contributed by atoms with Crippen LogP contribution in [0.25, 0.3) is 6.08 Å². The Hall–Kier alpha value is -3.75. The summed E-state index contributed by atoms with van der Waals surface area (Å²) in [7, 11) is 1.55. The van der Waals surface area contributed by atoms with Crippen molar-refractivity contribution in [3.05, 3.63) is 93.0 Å². The lowest BCUT2D eigenvalue weighted by Gasteiger charge is -2.12. The second kappa shape index (κ2) is 10.7. The Balaban J connectivity index is 1.75. The Bertz CT molecular complexity index is 1260. The molecule has 0 bridgehead atoms. The molecule has 3 rings (SSSR count). The van der Waals surface area contributed by atoms with Gasteiger partial charge in [0.1, 0.15) is 18.2 Å². The molecule has 0 aliphatic heterocycles. The first-order valence-electron chi connectivity index (χ1n) is 10.4. The smallest absolute Gasteiger partial charge is 0.266 e. The molecule has 0 saturated heterocycles. The molecule has 1 N–H and O–H groups in total. The summed E-state index contributed by atoms with van der Waals surface area (Å²) in [6.07, 6.45) is 1.50. The molecule has 0 radical (unpaired) electrons. The first-order chi connectivity index (χ1) is 15.8. The van der Waals surface area contributed by atoms with Crippen LogP contribution in [0.15, 0.2) is 60.2 Å². The number of hydrogen-bond acceptors (Lipinski definition) is 4. The Kier molecular flexibility index (Phi) is 7.76. The van der Waals surface area contributed by atoms with E-state index in [1.807, 2.05) is 19.1 Å². The van der Waals surface area contributed by atoms with Gasteiger partial charge in [-0.15, -0.1) is 0 Å². The van der Waals surface area contributed by atoms with Crippen LogP contribution in [0.1, 0.15) is 27.8 Å². The van der Waals surface area contributed by atoms with E-state index >= 15 is 0 Å². The normalized spacial score (nSPS) is 11.0. The van der Waals surface area contributed by atoms with E-state index in [4.69, 9.17) is 21.1 Å². The second-order valence-electron chi connectivity index (χ2n) is 7.71. The van der Waals surface area contributed by atoms with Gasteiger partial charge in [-0.1, -0.05) is 41.9 Å². The molecule has 0 spiro atoms. The molecule has 0 unspecified atom stereocenters. The van der Waals surface area contributed by atoms with E-state index in [-0.39, 0.29) is 5.57 Å². The lowest BCUT2D eigenvalue weighted by Crippen LogP contribution is -2.13. The molecule has 5 nitrogen and oxygen atoms in total. The molecule has 0 saturated carbocycles. The number of nitrogens with one attached hydrogen (secondary N) is 1. The number of methoxy groups -OCH3 is 1. The summed E-state index contributed by atoms with van der Waals surface area (Å²) in [5, 5.41) is 12.7. The minimum Gasteiger partial charge on any atom is -0.493 e. The third-order valence-electron chi connectivity index (χ3n) is 5.26. The van der Waals surface area contributed by atoms with E-state index in [2.05, 4.69) is 31.3 Å². The number of aryl methyl sites for hydroxylation is 3. The number of nitriles is 1. The molecule has 1 amide bonds. The highest BCUT2D eigenvalue weighted by Gasteiger charge is 2.12. The molecule has 0 aliphatic carbocycles. The van der Waals surface area contributed by atoms with Crippen molar-refractivity contribution >= 4 is 29.3 Å². The molecule has 0 atom stereocenters. The van der Waals surface area contributed by atoms with Gasteiger partial charge in [0.25, 0.3) is 5.91 Å². The number of nitrogens with zero attached hydrogens (tertiary/aromatic N) is 1. The molecule has 0 heterocycles. The lowest BCUT2D eigenvalue weighted by molar-refractivity contribution is -0.112. The van der Waals surface area contributed by atoms with Crippen molar-refractivity contribution in [3.63, 3.8) is 0 Å². The Morgan fingerprint density at radius 1 is 1.00 bits per heavy atom. The van der Waals surface area contributed by atoms with Crippen LogP contribution in [0.4, 0.5) is 5.69 Å². The zero-order valence-corrected chi connectivity index (χ0v) is 19.8. The fourth-order valence-corrected chi connectivity index (χ4v) is 3.31. The van der Waals surface area contributed by atoms with Gasteiger partial charge in [-0.25, -0.2) is 0 Å².